The lowest BCUT2D eigenvalue weighted by Crippen LogP contribution is -2.19. The molecule has 0 aliphatic rings. The molecule has 1 N–H and O–H groups in total. The summed E-state index contributed by atoms with van der Waals surface area (Å²) < 4.78 is 1.80. The molecule has 0 spiro atoms. The summed E-state index contributed by atoms with van der Waals surface area (Å²) in [5.41, 5.74) is 2.07. The minimum atomic E-state index is 0.129. The van der Waals surface area contributed by atoms with Crippen molar-refractivity contribution in [3.63, 3.8) is 0 Å². The smallest absolute Gasteiger partial charge is 0.0643 e. The van der Waals surface area contributed by atoms with E-state index < -0.39 is 0 Å². The highest BCUT2D eigenvalue weighted by atomic mass is 35.5. The van der Waals surface area contributed by atoms with Gasteiger partial charge in [0.05, 0.1) is 5.69 Å². The molecule has 0 aliphatic carbocycles. The van der Waals surface area contributed by atoms with Crippen LogP contribution in [0.2, 0.25) is 10.0 Å². The van der Waals surface area contributed by atoms with Gasteiger partial charge in [-0.1, -0.05) is 29.3 Å². The molecule has 1 atom stereocenters. The summed E-state index contributed by atoms with van der Waals surface area (Å²) in [5.74, 6) is 0. The van der Waals surface area contributed by atoms with Crippen LogP contribution in [0.15, 0.2) is 30.5 Å². The molecule has 1 heterocycles. The number of benzene rings is 1. The number of halogens is 2. The van der Waals surface area contributed by atoms with E-state index in [1.165, 1.54) is 0 Å². The summed E-state index contributed by atoms with van der Waals surface area (Å²) in [5, 5.41) is 8.97. The first-order valence-corrected chi connectivity index (χ1v) is 6.46. The lowest BCUT2D eigenvalue weighted by Gasteiger charge is -2.17. The van der Waals surface area contributed by atoms with Gasteiger partial charge >= 0.3 is 0 Å². The molecule has 0 bridgehead atoms. The van der Waals surface area contributed by atoms with E-state index in [9.17, 15) is 0 Å². The minimum absolute atomic E-state index is 0.129. The van der Waals surface area contributed by atoms with Crippen LogP contribution >= 0.6 is 23.2 Å². The first-order valence-electron chi connectivity index (χ1n) is 5.71. The third-order valence-corrected chi connectivity index (χ3v) is 3.43. The van der Waals surface area contributed by atoms with Gasteiger partial charge in [-0.2, -0.15) is 5.10 Å². The number of hydrogen-bond acceptors (Lipinski definition) is 2. The molecule has 1 aromatic carbocycles. The SMILES string of the molecule is CNC(Cc1ccn(C)n1)c1ccc(Cl)cc1Cl. The summed E-state index contributed by atoms with van der Waals surface area (Å²) in [7, 11) is 3.83. The standard InChI is InChI=1S/C13H15Cl2N3/c1-16-13(8-10-5-6-18(2)17-10)11-4-3-9(14)7-12(11)15/h3-7,13,16H,8H2,1-2H3. The predicted molar refractivity (Wildman–Crippen MR) is 75.2 cm³/mol. The molecule has 0 radical (unpaired) electrons. The first-order chi connectivity index (χ1) is 8.60. The molecule has 0 aliphatic heterocycles. The zero-order valence-corrected chi connectivity index (χ0v) is 11.8. The maximum Gasteiger partial charge on any atom is 0.0643 e. The van der Waals surface area contributed by atoms with E-state index in [1.807, 2.05) is 38.5 Å². The number of likely N-dealkylation sites (N-methyl/N-ethyl adjacent to an activating group) is 1. The Kier molecular flexibility index (Phi) is 4.27. The second kappa shape index (κ2) is 5.74. The summed E-state index contributed by atoms with van der Waals surface area (Å²) in [6.45, 7) is 0. The number of nitrogens with zero attached hydrogens (tertiary/aromatic N) is 2. The number of rotatable bonds is 4. The van der Waals surface area contributed by atoms with Gasteiger partial charge in [0.25, 0.3) is 0 Å². The lowest BCUT2D eigenvalue weighted by molar-refractivity contribution is 0.577. The Bertz CT molecular complexity index is 537. The number of hydrogen-bond donors (Lipinski definition) is 1. The van der Waals surface area contributed by atoms with Gasteiger partial charge in [-0.05, 0) is 30.8 Å². The molecule has 0 saturated heterocycles. The minimum Gasteiger partial charge on any atom is -0.313 e. The Hall–Kier alpha value is -1.03. The van der Waals surface area contributed by atoms with Crippen molar-refractivity contribution in [2.75, 3.05) is 7.05 Å². The Morgan fingerprint density at radius 3 is 2.67 bits per heavy atom. The third-order valence-electron chi connectivity index (χ3n) is 2.87. The fourth-order valence-corrected chi connectivity index (χ4v) is 2.47. The van der Waals surface area contributed by atoms with E-state index >= 15 is 0 Å². The van der Waals surface area contributed by atoms with E-state index in [4.69, 9.17) is 23.2 Å². The Balaban J connectivity index is 2.22. The van der Waals surface area contributed by atoms with Crippen LogP contribution < -0.4 is 5.32 Å². The summed E-state index contributed by atoms with van der Waals surface area (Å²) in [6, 6.07) is 7.71. The molecule has 0 fully saturated rings. The molecule has 2 rings (SSSR count). The monoisotopic (exact) mass is 283 g/mol. The van der Waals surface area contributed by atoms with Crippen LogP contribution in [0.4, 0.5) is 0 Å². The fraction of sp³-hybridized carbons (Fsp3) is 0.308. The van der Waals surface area contributed by atoms with Crippen molar-refractivity contribution < 1.29 is 0 Å². The van der Waals surface area contributed by atoms with Crippen LogP contribution in [0.1, 0.15) is 17.3 Å². The van der Waals surface area contributed by atoms with Gasteiger partial charge in [0.2, 0.25) is 0 Å². The van der Waals surface area contributed by atoms with Crippen LogP contribution in [-0.2, 0) is 13.5 Å². The molecule has 96 valence electrons. The summed E-state index contributed by atoms with van der Waals surface area (Å²) in [4.78, 5) is 0. The van der Waals surface area contributed by atoms with E-state index in [-0.39, 0.29) is 6.04 Å². The lowest BCUT2D eigenvalue weighted by atomic mass is 10.0. The maximum atomic E-state index is 6.22. The van der Waals surface area contributed by atoms with E-state index in [0.29, 0.717) is 10.0 Å². The summed E-state index contributed by atoms with van der Waals surface area (Å²) >= 11 is 12.1. The average Bonchev–Trinajstić information content (AvgIpc) is 2.72. The van der Waals surface area contributed by atoms with Crippen molar-refractivity contribution in [1.82, 2.24) is 15.1 Å². The highest BCUT2D eigenvalue weighted by molar-refractivity contribution is 6.35. The Morgan fingerprint density at radius 2 is 2.11 bits per heavy atom. The molecular formula is C13H15Cl2N3. The van der Waals surface area contributed by atoms with Crippen LogP contribution in [-0.4, -0.2) is 16.8 Å². The predicted octanol–water partition coefficient (Wildman–Crippen LogP) is 3.23. The van der Waals surface area contributed by atoms with Crippen LogP contribution in [0.25, 0.3) is 0 Å². The van der Waals surface area contributed by atoms with Crippen molar-refractivity contribution >= 4 is 23.2 Å². The third kappa shape index (κ3) is 3.05. The van der Waals surface area contributed by atoms with Crippen molar-refractivity contribution in [3.05, 3.63) is 51.8 Å². The zero-order valence-electron chi connectivity index (χ0n) is 10.3. The number of aryl methyl sites for hydroxylation is 1. The second-order valence-corrected chi connectivity index (χ2v) is 5.04. The van der Waals surface area contributed by atoms with E-state index in [2.05, 4.69) is 10.4 Å². The van der Waals surface area contributed by atoms with Crippen LogP contribution in [0.3, 0.4) is 0 Å². The molecule has 0 amide bonds. The van der Waals surface area contributed by atoms with Crippen molar-refractivity contribution in [2.45, 2.75) is 12.5 Å². The van der Waals surface area contributed by atoms with E-state index in [1.54, 1.807) is 10.7 Å². The van der Waals surface area contributed by atoms with Gasteiger partial charge in [0, 0.05) is 35.8 Å². The van der Waals surface area contributed by atoms with Crippen LogP contribution in [0.5, 0.6) is 0 Å². The van der Waals surface area contributed by atoms with Gasteiger partial charge in [0.15, 0.2) is 0 Å². The maximum absolute atomic E-state index is 6.22. The molecule has 0 saturated carbocycles. The quantitative estimate of drug-likeness (QED) is 0.934. The highest BCUT2D eigenvalue weighted by Gasteiger charge is 2.15. The van der Waals surface area contributed by atoms with Gasteiger partial charge in [0.1, 0.15) is 0 Å². The number of nitrogens with one attached hydrogen (secondary N) is 1. The average molecular weight is 284 g/mol. The van der Waals surface area contributed by atoms with Crippen LogP contribution in [0, 0.1) is 0 Å². The zero-order chi connectivity index (χ0) is 13.1. The molecular weight excluding hydrogens is 269 g/mol. The molecule has 1 aromatic heterocycles. The van der Waals surface area contributed by atoms with E-state index in [0.717, 1.165) is 17.7 Å². The second-order valence-electron chi connectivity index (χ2n) is 4.19. The largest absolute Gasteiger partial charge is 0.313 e. The molecule has 5 heteroatoms. The van der Waals surface area contributed by atoms with Gasteiger partial charge in [-0.15, -0.1) is 0 Å². The fourth-order valence-electron chi connectivity index (χ4n) is 1.93. The number of aromatic nitrogens is 2. The summed E-state index contributed by atoms with van der Waals surface area (Å²) in [6.07, 6.45) is 2.73. The topological polar surface area (TPSA) is 29.9 Å². The van der Waals surface area contributed by atoms with Crippen molar-refractivity contribution in [1.29, 1.82) is 0 Å². The Morgan fingerprint density at radius 1 is 1.33 bits per heavy atom. The van der Waals surface area contributed by atoms with Crippen molar-refractivity contribution in [3.8, 4) is 0 Å². The van der Waals surface area contributed by atoms with Gasteiger partial charge in [-0.25, -0.2) is 0 Å². The highest BCUT2D eigenvalue weighted by Crippen LogP contribution is 2.27. The first kappa shape index (κ1) is 13.4. The van der Waals surface area contributed by atoms with Gasteiger partial charge < -0.3 is 5.32 Å². The van der Waals surface area contributed by atoms with Gasteiger partial charge in [-0.3, -0.25) is 4.68 Å². The Labute approximate surface area is 117 Å². The molecule has 2 aromatic rings. The van der Waals surface area contributed by atoms with Crippen molar-refractivity contribution in [2.24, 2.45) is 7.05 Å². The molecule has 1 unspecified atom stereocenters. The molecule has 18 heavy (non-hydrogen) atoms. The normalized spacial score (nSPS) is 12.7. The molecule has 3 nitrogen and oxygen atoms in total.